The molecule has 3 aromatic carbocycles. The molecule has 3 amide bonds. The van der Waals surface area contributed by atoms with Crippen LogP contribution >= 0.6 is 11.8 Å². The smallest absolute Gasteiger partial charge is 0.248 e. The molecule has 11 heteroatoms. The van der Waals surface area contributed by atoms with Gasteiger partial charge in [-0.2, -0.15) is 0 Å². The number of amides is 3. The van der Waals surface area contributed by atoms with E-state index in [9.17, 15) is 9.90 Å². The van der Waals surface area contributed by atoms with Crippen molar-refractivity contribution in [3.8, 4) is 0 Å². The summed E-state index contributed by atoms with van der Waals surface area (Å²) >= 11 is 1.62. The van der Waals surface area contributed by atoms with E-state index in [1.807, 2.05) is 84.9 Å². The fraction of sp³-hybridized carbons (Fsp3) is 0.359. The van der Waals surface area contributed by atoms with Crippen molar-refractivity contribution in [1.29, 1.82) is 0 Å². The number of carbonyl (C=O) groups excluding carboxylic acids is 3. The van der Waals surface area contributed by atoms with Crippen LogP contribution in [0, 0.1) is 17.8 Å². The number of rotatable bonds is 13. The molecule has 7 rings (SSSR count). The number of aliphatic hydroxyl groups excluding tert-OH is 1. The first-order valence-electron chi connectivity index (χ1n) is 17.1. The molecule has 7 atom stereocenters. The Labute approximate surface area is 296 Å². The summed E-state index contributed by atoms with van der Waals surface area (Å²) in [6.07, 6.45) is 4.42. The SMILES string of the molecule is C=CCN(Cn1nnc2ccccc21)C(=O)C1N([C@@H](CO)Cc2ccccc2)C(=O)[C@@H]2[C@@H](C(=O)N(CC=C)c3ccccc3)[C@H]3CC(C)C12S3. The average molecular weight is 691 g/mol. The van der Waals surface area contributed by atoms with E-state index in [1.165, 1.54) is 0 Å². The van der Waals surface area contributed by atoms with Crippen LogP contribution in [0.5, 0.6) is 0 Å². The summed E-state index contributed by atoms with van der Waals surface area (Å²) in [7, 11) is 0. The minimum atomic E-state index is -0.928. The van der Waals surface area contributed by atoms with Crippen molar-refractivity contribution >= 4 is 46.2 Å². The van der Waals surface area contributed by atoms with E-state index in [4.69, 9.17) is 0 Å². The van der Waals surface area contributed by atoms with Crippen molar-refractivity contribution in [2.75, 3.05) is 24.6 Å². The van der Waals surface area contributed by atoms with Gasteiger partial charge >= 0.3 is 0 Å². The molecule has 0 aliphatic carbocycles. The molecule has 1 aromatic heterocycles. The Morgan fingerprint density at radius 2 is 1.68 bits per heavy atom. The first-order chi connectivity index (χ1) is 24.3. The Balaban J connectivity index is 1.32. The van der Waals surface area contributed by atoms with Crippen molar-refractivity contribution in [1.82, 2.24) is 24.8 Å². The van der Waals surface area contributed by atoms with Gasteiger partial charge in [0.2, 0.25) is 17.7 Å². The summed E-state index contributed by atoms with van der Waals surface area (Å²) in [6, 6.07) is 25.1. The Kier molecular flexibility index (Phi) is 9.36. The van der Waals surface area contributed by atoms with Crippen LogP contribution < -0.4 is 4.90 Å². The van der Waals surface area contributed by atoms with Gasteiger partial charge in [-0.25, -0.2) is 4.68 Å². The zero-order chi connectivity index (χ0) is 35.0. The lowest BCUT2D eigenvalue weighted by atomic mass is 9.65. The highest BCUT2D eigenvalue weighted by Gasteiger charge is 2.77. The average Bonchev–Trinajstić information content (AvgIpc) is 3.87. The van der Waals surface area contributed by atoms with Crippen LogP contribution in [0.25, 0.3) is 11.0 Å². The van der Waals surface area contributed by atoms with Crippen molar-refractivity contribution in [2.45, 2.75) is 48.5 Å². The predicted molar refractivity (Wildman–Crippen MR) is 195 cm³/mol. The number of hydrogen-bond acceptors (Lipinski definition) is 7. The van der Waals surface area contributed by atoms with Crippen molar-refractivity contribution < 1.29 is 19.5 Å². The summed E-state index contributed by atoms with van der Waals surface area (Å²) in [5.74, 6) is -2.10. The topological polar surface area (TPSA) is 112 Å². The normalized spacial score (nSPS) is 25.8. The minimum Gasteiger partial charge on any atom is -0.394 e. The molecule has 3 fully saturated rings. The van der Waals surface area contributed by atoms with Gasteiger partial charge in [0.05, 0.1) is 34.7 Å². The number of fused-ring (bicyclic) bond motifs is 2. The van der Waals surface area contributed by atoms with E-state index in [1.54, 1.807) is 43.3 Å². The number of aromatic nitrogens is 3. The number of anilines is 1. The maximum atomic E-state index is 15.3. The van der Waals surface area contributed by atoms with Gasteiger partial charge in [-0.1, -0.05) is 85.0 Å². The zero-order valence-electron chi connectivity index (χ0n) is 28.1. The molecule has 3 saturated heterocycles. The van der Waals surface area contributed by atoms with E-state index in [0.29, 0.717) is 24.9 Å². The number of nitrogens with zero attached hydrogens (tertiary/aromatic N) is 6. The number of para-hydroxylation sites is 2. The van der Waals surface area contributed by atoms with Crippen LogP contribution in [-0.2, 0) is 27.5 Å². The van der Waals surface area contributed by atoms with Crippen LogP contribution in [-0.4, -0.2) is 89.4 Å². The molecule has 4 aromatic rings. The third-order valence-electron chi connectivity index (χ3n) is 10.7. The lowest BCUT2D eigenvalue weighted by Crippen LogP contribution is -2.59. The van der Waals surface area contributed by atoms with E-state index >= 15 is 9.59 Å². The highest BCUT2D eigenvalue weighted by Crippen LogP contribution is 2.69. The Bertz CT molecular complexity index is 1900. The molecule has 1 N–H and O–H groups in total. The van der Waals surface area contributed by atoms with Crippen LogP contribution in [0.15, 0.2) is 110 Å². The van der Waals surface area contributed by atoms with Gasteiger partial charge < -0.3 is 19.8 Å². The van der Waals surface area contributed by atoms with Gasteiger partial charge in [-0.05, 0) is 48.6 Å². The van der Waals surface area contributed by atoms with Gasteiger partial charge in [-0.3, -0.25) is 14.4 Å². The van der Waals surface area contributed by atoms with Crippen molar-refractivity contribution in [2.24, 2.45) is 17.8 Å². The number of carbonyl (C=O) groups is 3. The summed E-state index contributed by atoms with van der Waals surface area (Å²) in [6.45, 7) is 10.2. The van der Waals surface area contributed by atoms with Crippen LogP contribution in [0.3, 0.4) is 0 Å². The van der Waals surface area contributed by atoms with E-state index in [-0.39, 0.29) is 48.7 Å². The minimum absolute atomic E-state index is 0.0483. The molecule has 258 valence electrons. The standard InChI is InChI=1S/C39H42N6O4S/c1-4-20-42(25-44-31-19-13-12-18-30(31)40-41-44)38(49)35-39-26(3)22-32(50-39)33(36(47)43(21-5-2)28-16-10-7-11-17-28)34(39)37(48)45(35)29(24-46)23-27-14-8-6-9-15-27/h4-19,26,29,32-35,46H,1-2,20-25H2,3H3/t26?,29-,32-,33+,34+,35?,39?/m1/s1. The van der Waals surface area contributed by atoms with Crippen molar-refractivity contribution in [3.05, 3.63) is 116 Å². The van der Waals surface area contributed by atoms with E-state index < -0.39 is 28.7 Å². The van der Waals surface area contributed by atoms with Gasteiger partial charge in [0.15, 0.2) is 0 Å². The summed E-state index contributed by atoms with van der Waals surface area (Å²) in [4.78, 5) is 50.1. The molecule has 0 radical (unpaired) electrons. The third-order valence-corrected chi connectivity index (χ3v) is 12.7. The molecular formula is C39H42N6O4S. The molecule has 0 saturated carbocycles. The Hall–Kier alpha value is -4.74. The number of thioether (sulfide) groups is 1. The maximum absolute atomic E-state index is 15.3. The Morgan fingerprint density at radius 1 is 1.00 bits per heavy atom. The van der Waals surface area contributed by atoms with Gasteiger partial charge in [-0.15, -0.1) is 30.0 Å². The van der Waals surface area contributed by atoms with Crippen LogP contribution in [0.4, 0.5) is 5.69 Å². The number of aliphatic hydroxyl groups is 1. The predicted octanol–water partition coefficient (Wildman–Crippen LogP) is 4.56. The fourth-order valence-corrected chi connectivity index (χ4v) is 10.9. The molecule has 10 nitrogen and oxygen atoms in total. The van der Waals surface area contributed by atoms with Crippen molar-refractivity contribution in [3.63, 3.8) is 0 Å². The van der Waals surface area contributed by atoms with Gasteiger partial charge in [0.25, 0.3) is 0 Å². The Morgan fingerprint density at radius 3 is 2.38 bits per heavy atom. The molecule has 1 spiro atoms. The fourth-order valence-electron chi connectivity index (χ4n) is 8.52. The molecule has 3 aliphatic heterocycles. The van der Waals surface area contributed by atoms with Crippen LogP contribution in [0.2, 0.25) is 0 Å². The van der Waals surface area contributed by atoms with Gasteiger partial charge in [0, 0.05) is 24.0 Å². The lowest BCUT2D eigenvalue weighted by Gasteiger charge is -2.42. The van der Waals surface area contributed by atoms with Crippen LogP contribution in [0.1, 0.15) is 18.9 Å². The third kappa shape index (κ3) is 5.52. The molecule has 50 heavy (non-hydrogen) atoms. The second-order valence-electron chi connectivity index (χ2n) is 13.5. The van der Waals surface area contributed by atoms with E-state index in [2.05, 4.69) is 30.4 Å². The first kappa shape index (κ1) is 33.7. The molecular weight excluding hydrogens is 649 g/mol. The maximum Gasteiger partial charge on any atom is 0.248 e. The number of benzene rings is 3. The monoisotopic (exact) mass is 690 g/mol. The largest absolute Gasteiger partial charge is 0.394 e. The number of hydrogen-bond donors (Lipinski definition) is 1. The second-order valence-corrected chi connectivity index (χ2v) is 15.0. The highest BCUT2D eigenvalue weighted by molar-refractivity contribution is 8.02. The first-order valence-corrected chi connectivity index (χ1v) is 18.0. The molecule has 2 bridgehead atoms. The van der Waals surface area contributed by atoms with Gasteiger partial charge in [0.1, 0.15) is 18.2 Å². The second kappa shape index (κ2) is 13.9. The lowest BCUT2D eigenvalue weighted by molar-refractivity contribution is -0.146. The van der Waals surface area contributed by atoms with E-state index in [0.717, 1.165) is 16.8 Å². The highest BCUT2D eigenvalue weighted by atomic mass is 32.2. The molecule has 3 aliphatic rings. The molecule has 4 heterocycles. The molecule has 3 unspecified atom stereocenters. The zero-order valence-corrected chi connectivity index (χ0v) is 28.9. The quantitative estimate of drug-likeness (QED) is 0.205. The summed E-state index contributed by atoms with van der Waals surface area (Å²) in [5.41, 5.74) is 3.16. The summed E-state index contributed by atoms with van der Waals surface area (Å²) in [5, 5.41) is 19.5. The number of likely N-dealkylation sites (tertiary alicyclic amines) is 1. The summed E-state index contributed by atoms with van der Waals surface area (Å²) < 4.78 is 0.798.